The Balaban J connectivity index is 2.68. The van der Waals surface area contributed by atoms with Crippen LogP contribution in [0.3, 0.4) is 0 Å². The van der Waals surface area contributed by atoms with Gasteiger partial charge in [0, 0.05) is 20.8 Å². The van der Waals surface area contributed by atoms with Crippen LogP contribution in [0.25, 0.3) is 0 Å². The molecule has 0 bridgehead atoms. The van der Waals surface area contributed by atoms with Crippen molar-refractivity contribution in [3.05, 3.63) is 0 Å². The first-order valence-electron chi connectivity index (χ1n) is 5.02. The van der Waals surface area contributed by atoms with Gasteiger partial charge in [-0.25, -0.2) is 0 Å². The second kappa shape index (κ2) is 4.80. The molecule has 92 valence electrons. The van der Waals surface area contributed by atoms with Gasteiger partial charge in [0.05, 0.1) is 13.0 Å². The minimum Gasteiger partial charge on any atom is -0.459 e. The lowest BCUT2D eigenvalue weighted by atomic mass is 10.1. The summed E-state index contributed by atoms with van der Waals surface area (Å²) in [6, 6.07) is 0. The molecule has 0 aromatic heterocycles. The van der Waals surface area contributed by atoms with Crippen LogP contribution in [0.5, 0.6) is 0 Å². The zero-order valence-corrected chi connectivity index (χ0v) is 9.56. The quantitative estimate of drug-likeness (QED) is 0.688. The van der Waals surface area contributed by atoms with Gasteiger partial charge in [0.25, 0.3) is 0 Å². The van der Waals surface area contributed by atoms with Gasteiger partial charge in [0.2, 0.25) is 5.79 Å². The summed E-state index contributed by atoms with van der Waals surface area (Å²) >= 11 is 0. The Labute approximate surface area is 93.5 Å². The zero-order chi connectivity index (χ0) is 12.3. The summed E-state index contributed by atoms with van der Waals surface area (Å²) in [7, 11) is 0. The van der Waals surface area contributed by atoms with Crippen LogP contribution in [0.2, 0.25) is 0 Å². The summed E-state index contributed by atoms with van der Waals surface area (Å²) in [4.78, 5) is 21.7. The molecule has 0 amide bonds. The average Bonchev–Trinajstić information content (AvgIpc) is 2.39. The molecule has 0 spiro atoms. The van der Waals surface area contributed by atoms with E-state index in [9.17, 15) is 9.59 Å². The van der Waals surface area contributed by atoms with Crippen LogP contribution >= 0.6 is 0 Å². The van der Waals surface area contributed by atoms with Crippen LogP contribution < -0.4 is 0 Å². The molecule has 1 rings (SSSR count). The normalized spacial score (nSPS) is 33.5. The lowest BCUT2D eigenvalue weighted by molar-refractivity contribution is -0.218. The van der Waals surface area contributed by atoms with Gasteiger partial charge in [-0.1, -0.05) is 0 Å². The molecule has 6 nitrogen and oxygen atoms in total. The monoisotopic (exact) mass is 232 g/mol. The van der Waals surface area contributed by atoms with E-state index in [0.29, 0.717) is 0 Å². The summed E-state index contributed by atoms with van der Waals surface area (Å²) in [5.41, 5.74) is 0. The lowest BCUT2D eigenvalue weighted by Gasteiger charge is -2.22. The molecule has 1 N–H and O–H groups in total. The predicted molar refractivity (Wildman–Crippen MR) is 52.3 cm³/mol. The van der Waals surface area contributed by atoms with Gasteiger partial charge in [0.1, 0.15) is 12.2 Å². The molecule has 1 aliphatic heterocycles. The fourth-order valence-corrected chi connectivity index (χ4v) is 1.80. The van der Waals surface area contributed by atoms with Crippen molar-refractivity contribution in [3.8, 4) is 0 Å². The van der Waals surface area contributed by atoms with Crippen molar-refractivity contribution in [2.75, 3.05) is 6.61 Å². The largest absolute Gasteiger partial charge is 0.459 e. The number of aliphatic hydroxyl groups excluding tert-OH is 1. The first-order chi connectivity index (χ1) is 7.36. The van der Waals surface area contributed by atoms with Crippen molar-refractivity contribution >= 4 is 11.9 Å². The number of carbonyl (C=O) groups excluding carboxylic acids is 2. The van der Waals surface area contributed by atoms with E-state index in [4.69, 9.17) is 19.3 Å². The van der Waals surface area contributed by atoms with Crippen LogP contribution in [0.1, 0.15) is 27.2 Å². The summed E-state index contributed by atoms with van der Waals surface area (Å²) in [5, 5.41) is 9.06. The Kier molecular flexibility index (Phi) is 3.88. The van der Waals surface area contributed by atoms with E-state index in [1.165, 1.54) is 13.8 Å². The Morgan fingerprint density at radius 1 is 1.44 bits per heavy atom. The smallest absolute Gasteiger partial charge is 0.305 e. The third kappa shape index (κ3) is 3.18. The van der Waals surface area contributed by atoms with Crippen LogP contribution in [0.4, 0.5) is 0 Å². The zero-order valence-electron chi connectivity index (χ0n) is 9.56. The van der Waals surface area contributed by atoms with Crippen molar-refractivity contribution in [1.82, 2.24) is 0 Å². The van der Waals surface area contributed by atoms with Crippen molar-refractivity contribution in [2.45, 2.75) is 45.2 Å². The summed E-state index contributed by atoms with van der Waals surface area (Å²) < 4.78 is 15.3. The molecular weight excluding hydrogens is 216 g/mol. The Morgan fingerprint density at radius 3 is 2.50 bits per heavy atom. The van der Waals surface area contributed by atoms with Crippen molar-refractivity contribution in [1.29, 1.82) is 0 Å². The number of aliphatic hydroxyl groups is 1. The third-order valence-corrected chi connectivity index (χ3v) is 2.24. The number of esters is 2. The van der Waals surface area contributed by atoms with Gasteiger partial charge in [-0.15, -0.1) is 0 Å². The molecule has 0 radical (unpaired) electrons. The molecular formula is C10H16O6. The predicted octanol–water partition coefficient (Wildman–Crippen LogP) is -0.0214. The minimum absolute atomic E-state index is 0.220. The fourth-order valence-electron chi connectivity index (χ4n) is 1.80. The SMILES string of the molecule is CC(=O)O[C@H]1C[C@](C)(OC(C)=O)O[C@@H]1CO. The van der Waals surface area contributed by atoms with Gasteiger partial charge in [-0.05, 0) is 0 Å². The molecule has 6 heteroatoms. The molecule has 0 saturated carbocycles. The van der Waals surface area contributed by atoms with Crippen molar-refractivity contribution in [3.63, 3.8) is 0 Å². The molecule has 1 saturated heterocycles. The van der Waals surface area contributed by atoms with Gasteiger partial charge < -0.3 is 19.3 Å². The molecule has 16 heavy (non-hydrogen) atoms. The highest BCUT2D eigenvalue weighted by Gasteiger charge is 2.47. The Bertz CT molecular complexity index is 289. The molecule has 1 heterocycles. The molecule has 1 aliphatic rings. The van der Waals surface area contributed by atoms with Crippen LogP contribution in [-0.4, -0.2) is 41.6 Å². The summed E-state index contributed by atoms with van der Waals surface area (Å²) in [5.74, 6) is -2.08. The van der Waals surface area contributed by atoms with E-state index in [0.717, 1.165) is 0 Å². The van der Waals surface area contributed by atoms with E-state index < -0.39 is 29.9 Å². The maximum absolute atomic E-state index is 10.9. The standard InChI is InChI=1S/C10H16O6/c1-6(12)14-8-4-10(3,15-7(2)13)16-9(8)5-11/h8-9,11H,4-5H2,1-3H3/t8-,9+,10+/m0/s1. The van der Waals surface area contributed by atoms with Gasteiger partial charge in [0.15, 0.2) is 0 Å². The maximum Gasteiger partial charge on any atom is 0.305 e. The van der Waals surface area contributed by atoms with Crippen LogP contribution in [0.15, 0.2) is 0 Å². The molecule has 0 aromatic carbocycles. The second-order valence-electron chi connectivity index (χ2n) is 3.92. The van der Waals surface area contributed by atoms with E-state index in [1.54, 1.807) is 6.92 Å². The van der Waals surface area contributed by atoms with E-state index in [2.05, 4.69) is 0 Å². The van der Waals surface area contributed by atoms with Gasteiger partial charge in [-0.3, -0.25) is 9.59 Å². The first kappa shape index (κ1) is 12.9. The second-order valence-corrected chi connectivity index (χ2v) is 3.92. The van der Waals surface area contributed by atoms with Crippen LogP contribution in [0, 0.1) is 0 Å². The van der Waals surface area contributed by atoms with Gasteiger partial charge in [-0.2, -0.15) is 0 Å². The minimum atomic E-state index is -1.14. The highest BCUT2D eigenvalue weighted by molar-refractivity contribution is 5.67. The summed E-state index contributed by atoms with van der Waals surface area (Å²) in [6.07, 6.45) is -1.03. The van der Waals surface area contributed by atoms with E-state index in [1.807, 2.05) is 0 Å². The number of hydrogen-bond acceptors (Lipinski definition) is 6. The molecule has 0 aromatic rings. The molecule has 1 fully saturated rings. The number of rotatable bonds is 3. The summed E-state index contributed by atoms with van der Waals surface area (Å²) in [6.45, 7) is 3.81. The van der Waals surface area contributed by atoms with Crippen LogP contribution in [-0.2, 0) is 23.8 Å². The highest BCUT2D eigenvalue weighted by Crippen LogP contribution is 2.33. The number of hydrogen-bond donors (Lipinski definition) is 1. The van der Waals surface area contributed by atoms with Gasteiger partial charge >= 0.3 is 11.9 Å². The topological polar surface area (TPSA) is 82.1 Å². The lowest BCUT2D eigenvalue weighted by Crippen LogP contribution is -2.31. The molecule has 0 unspecified atom stereocenters. The average molecular weight is 232 g/mol. The number of carbonyl (C=O) groups is 2. The molecule has 0 aliphatic carbocycles. The fraction of sp³-hybridized carbons (Fsp3) is 0.800. The van der Waals surface area contributed by atoms with E-state index in [-0.39, 0.29) is 13.0 Å². The molecule has 3 atom stereocenters. The van der Waals surface area contributed by atoms with E-state index >= 15 is 0 Å². The Morgan fingerprint density at radius 2 is 2.06 bits per heavy atom. The highest BCUT2D eigenvalue weighted by atomic mass is 16.7. The first-order valence-corrected chi connectivity index (χ1v) is 5.02. The Hall–Kier alpha value is -1.14. The maximum atomic E-state index is 10.9. The third-order valence-electron chi connectivity index (χ3n) is 2.24. The van der Waals surface area contributed by atoms with Crippen molar-refractivity contribution in [2.24, 2.45) is 0 Å². The van der Waals surface area contributed by atoms with Crippen molar-refractivity contribution < 1.29 is 28.9 Å². The number of ether oxygens (including phenoxy) is 3.